The maximum absolute atomic E-state index is 13.8. The maximum atomic E-state index is 13.8. The van der Waals surface area contributed by atoms with Crippen molar-refractivity contribution in [3.8, 4) is 5.75 Å². The lowest BCUT2D eigenvalue weighted by atomic mass is 10.2. The second-order valence-electron chi connectivity index (χ2n) is 7.06. The van der Waals surface area contributed by atoms with Crippen LogP contribution in [0.15, 0.2) is 69.0 Å². The van der Waals surface area contributed by atoms with Gasteiger partial charge in [0, 0.05) is 10.6 Å². The van der Waals surface area contributed by atoms with Crippen molar-refractivity contribution in [1.29, 1.82) is 0 Å². The van der Waals surface area contributed by atoms with Crippen molar-refractivity contribution < 1.29 is 13.9 Å². The summed E-state index contributed by atoms with van der Waals surface area (Å²) in [5.41, 5.74) is 2.64. The minimum absolute atomic E-state index is 0.0342. The number of halogens is 4. The number of nitrogens with zero attached hydrogens (tertiary/aromatic N) is 1. The first-order chi connectivity index (χ1) is 15.8. The van der Waals surface area contributed by atoms with Crippen LogP contribution in [0.25, 0.3) is 6.08 Å². The van der Waals surface area contributed by atoms with Gasteiger partial charge >= 0.3 is 0 Å². The molecule has 0 bridgehead atoms. The first-order valence-corrected chi connectivity index (χ1v) is 12.1. The Labute approximate surface area is 213 Å². The minimum Gasteiger partial charge on any atom is -0.486 e. The average molecular weight is 566 g/mol. The second-order valence-corrected chi connectivity index (χ2v) is 9.76. The highest BCUT2D eigenvalue weighted by Crippen LogP contribution is 2.37. The van der Waals surface area contributed by atoms with E-state index in [9.17, 15) is 9.18 Å². The third-order valence-electron chi connectivity index (χ3n) is 4.76. The second kappa shape index (κ2) is 10.3. The summed E-state index contributed by atoms with van der Waals surface area (Å²) < 4.78 is 20.2. The van der Waals surface area contributed by atoms with Gasteiger partial charge < -0.3 is 10.1 Å². The molecule has 168 valence electrons. The van der Waals surface area contributed by atoms with Crippen LogP contribution in [0.4, 0.5) is 10.1 Å². The highest BCUT2D eigenvalue weighted by molar-refractivity contribution is 9.10. The molecular weight excluding hydrogens is 550 g/mol. The first-order valence-electron chi connectivity index (χ1n) is 9.72. The molecule has 0 saturated carbocycles. The Kier molecular flexibility index (Phi) is 7.44. The minimum atomic E-state index is -0.346. The number of benzene rings is 3. The maximum Gasteiger partial charge on any atom is 0.264 e. The molecule has 3 aromatic carbocycles. The van der Waals surface area contributed by atoms with E-state index >= 15 is 0 Å². The largest absolute Gasteiger partial charge is 0.486 e. The van der Waals surface area contributed by atoms with Crippen molar-refractivity contribution in [3.63, 3.8) is 0 Å². The lowest BCUT2D eigenvalue weighted by Gasteiger charge is -2.12. The van der Waals surface area contributed by atoms with Gasteiger partial charge in [0.05, 0.1) is 20.1 Å². The SMILES string of the molecule is Cc1c(Cl)cccc1N=C1NC(=O)/C(=C\c2cc(Cl)c(OCc3ccccc3F)c(Br)c2)S1. The summed E-state index contributed by atoms with van der Waals surface area (Å²) in [5.74, 6) is -0.212. The number of hydrogen-bond acceptors (Lipinski definition) is 4. The van der Waals surface area contributed by atoms with Gasteiger partial charge in [0.1, 0.15) is 12.4 Å². The number of amides is 1. The van der Waals surface area contributed by atoms with Crippen molar-refractivity contribution in [2.45, 2.75) is 13.5 Å². The van der Waals surface area contributed by atoms with Gasteiger partial charge in [-0.2, -0.15) is 0 Å². The molecule has 0 spiro atoms. The van der Waals surface area contributed by atoms with Crippen LogP contribution in [0, 0.1) is 12.7 Å². The zero-order chi connectivity index (χ0) is 23.5. The van der Waals surface area contributed by atoms with E-state index in [4.69, 9.17) is 27.9 Å². The van der Waals surface area contributed by atoms with E-state index in [1.54, 1.807) is 42.5 Å². The van der Waals surface area contributed by atoms with Gasteiger partial charge in [0.25, 0.3) is 5.91 Å². The van der Waals surface area contributed by atoms with Crippen molar-refractivity contribution in [2.24, 2.45) is 4.99 Å². The van der Waals surface area contributed by atoms with Crippen LogP contribution in [0.3, 0.4) is 0 Å². The standard InChI is InChI=1S/C24H16BrCl2FN2O2S/c1-13-17(26)6-4-8-20(13)29-24-30-23(31)21(33-24)11-14-9-16(25)22(18(27)10-14)32-12-15-5-2-3-7-19(15)28/h2-11H,12H2,1H3,(H,29,30,31)/b21-11+. The zero-order valence-electron chi connectivity index (χ0n) is 17.2. The van der Waals surface area contributed by atoms with Gasteiger partial charge in [-0.05, 0) is 82.2 Å². The summed E-state index contributed by atoms with van der Waals surface area (Å²) in [6.45, 7) is 1.90. The summed E-state index contributed by atoms with van der Waals surface area (Å²) in [6, 6.07) is 15.3. The molecule has 0 aliphatic carbocycles. The van der Waals surface area contributed by atoms with Crippen LogP contribution in [0.5, 0.6) is 5.75 Å². The topological polar surface area (TPSA) is 50.7 Å². The Hall–Kier alpha value is -2.32. The predicted molar refractivity (Wildman–Crippen MR) is 137 cm³/mol. The molecular formula is C24H16BrCl2FN2O2S. The molecule has 1 N–H and O–H groups in total. The Morgan fingerprint density at radius 1 is 1.15 bits per heavy atom. The highest BCUT2D eigenvalue weighted by atomic mass is 79.9. The molecule has 1 fully saturated rings. The van der Waals surface area contributed by atoms with E-state index < -0.39 is 0 Å². The predicted octanol–water partition coefficient (Wildman–Crippen LogP) is 7.67. The molecule has 1 aliphatic rings. The number of rotatable bonds is 5. The van der Waals surface area contributed by atoms with Crippen molar-refractivity contribution >= 4 is 73.7 Å². The Morgan fingerprint density at radius 3 is 2.70 bits per heavy atom. The molecule has 1 aliphatic heterocycles. The van der Waals surface area contributed by atoms with Gasteiger partial charge in [0.2, 0.25) is 0 Å². The van der Waals surface area contributed by atoms with Crippen molar-refractivity contribution in [2.75, 3.05) is 0 Å². The van der Waals surface area contributed by atoms with E-state index in [1.807, 2.05) is 19.1 Å². The number of nitrogens with one attached hydrogen (secondary N) is 1. The lowest BCUT2D eigenvalue weighted by Crippen LogP contribution is -2.19. The molecule has 1 saturated heterocycles. The summed E-state index contributed by atoms with van der Waals surface area (Å²) in [6.07, 6.45) is 1.71. The number of carbonyl (C=O) groups excluding carboxylic acids is 1. The molecule has 1 heterocycles. The van der Waals surface area contributed by atoms with Gasteiger partial charge in [-0.15, -0.1) is 0 Å². The Morgan fingerprint density at radius 2 is 1.94 bits per heavy atom. The van der Waals surface area contributed by atoms with Crippen LogP contribution in [-0.2, 0) is 11.4 Å². The number of thioether (sulfide) groups is 1. The molecule has 33 heavy (non-hydrogen) atoms. The normalized spacial score (nSPS) is 15.8. The van der Waals surface area contributed by atoms with Gasteiger partial charge in [-0.25, -0.2) is 9.38 Å². The first kappa shape index (κ1) is 23.8. The monoisotopic (exact) mass is 564 g/mol. The number of ether oxygens (including phenoxy) is 1. The number of hydrogen-bond donors (Lipinski definition) is 1. The number of amidine groups is 1. The van der Waals surface area contributed by atoms with Gasteiger partial charge in [-0.1, -0.05) is 47.5 Å². The van der Waals surface area contributed by atoms with E-state index in [-0.39, 0.29) is 18.3 Å². The van der Waals surface area contributed by atoms with Crippen LogP contribution >= 0.6 is 50.9 Å². The smallest absolute Gasteiger partial charge is 0.264 e. The molecule has 0 radical (unpaired) electrons. The molecule has 4 nitrogen and oxygen atoms in total. The van der Waals surface area contributed by atoms with E-state index in [1.165, 1.54) is 17.8 Å². The van der Waals surface area contributed by atoms with Crippen LogP contribution < -0.4 is 10.1 Å². The Bertz CT molecular complexity index is 1290. The van der Waals surface area contributed by atoms with Crippen molar-refractivity contribution in [3.05, 3.63) is 96.5 Å². The van der Waals surface area contributed by atoms with E-state index in [0.717, 1.165) is 5.56 Å². The zero-order valence-corrected chi connectivity index (χ0v) is 21.1. The molecule has 0 aromatic heterocycles. The Balaban J connectivity index is 1.53. The van der Waals surface area contributed by atoms with Crippen LogP contribution in [-0.4, -0.2) is 11.1 Å². The lowest BCUT2D eigenvalue weighted by molar-refractivity contribution is -0.115. The summed E-state index contributed by atoms with van der Waals surface area (Å²) in [4.78, 5) is 17.4. The van der Waals surface area contributed by atoms with E-state index in [2.05, 4.69) is 26.2 Å². The third-order valence-corrected chi connectivity index (χ3v) is 6.95. The molecule has 0 unspecified atom stereocenters. The third kappa shape index (κ3) is 5.61. The van der Waals surface area contributed by atoms with Gasteiger partial charge in [0.15, 0.2) is 10.9 Å². The van der Waals surface area contributed by atoms with Gasteiger partial charge in [-0.3, -0.25) is 4.79 Å². The molecule has 3 aromatic rings. The quantitative estimate of drug-likeness (QED) is 0.323. The molecule has 4 rings (SSSR count). The molecule has 9 heteroatoms. The van der Waals surface area contributed by atoms with Crippen LogP contribution in [0.1, 0.15) is 16.7 Å². The molecule has 0 atom stereocenters. The fraction of sp³-hybridized carbons (Fsp3) is 0.0833. The van der Waals surface area contributed by atoms with E-state index in [0.29, 0.717) is 47.2 Å². The molecule has 1 amide bonds. The summed E-state index contributed by atoms with van der Waals surface area (Å²) in [5, 5.41) is 4.17. The fourth-order valence-corrected chi connectivity index (χ4v) is 5.02. The number of carbonyl (C=O) groups is 1. The number of aliphatic imine (C=N–C) groups is 1. The summed E-state index contributed by atoms with van der Waals surface area (Å²) >= 11 is 17.2. The van der Waals surface area contributed by atoms with Crippen LogP contribution in [0.2, 0.25) is 10.0 Å². The fourth-order valence-electron chi connectivity index (χ4n) is 3.02. The average Bonchev–Trinajstić information content (AvgIpc) is 3.10. The van der Waals surface area contributed by atoms with Crippen molar-refractivity contribution in [1.82, 2.24) is 5.32 Å². The highest BCUT2D eigenvalue weighted by Gasteiger charge is 2.24. The summed E-state index contributed by atoms with van der Waals surface area (Å²) in [7, 11) is 0.